The number of rotatable bonds is 5. The lowest BCUT2D eigenvalue weighted by molar-refractivity contribution is -0.116. The standard InChI is InChI=1S/C16H15N3O3S/c1-10-2-3-12(13(20)8-10)17-14(21)4-5-15-18-19-16(22-15)11-6-7-23-9-11/h2-3,6-9,20H,4-5H2,1H3,(H,17,21). The second kappa shape index (κ2) is 6.62. The Kier molecular flexibility index (Phi) is 4.38. The van der Waals surface area contributed by atoms with E-state index in [1.165, 1.54) is 0 Å². The van der Waals surface area contributed by atoms with Gasteiger partial charge in [-0.3, -0.25) is 4.79 Å². The summed E-state index contributed by atoms with van der Waals surface area (Å²) in [7, 11) is 0. The van der Waals surface area contributed by atoms with Crippen LogP contribution in [0.4, 0.5) is 5.69 Å². The van der Waals surface area contributed by atoms with Crippen molar-refractivity contribution in [1.29, 1.82) is 0 Å². The Morgan fingerprint density at radius 3 is 2.96 bits per heavy atom. The molecule has 6 nitrogen and oxygen atoms in total. The largest absolute Gasteiger partial charge is 0.506 e. The number of aromatic nitrogens is 2. The van der Waals surface area contributed by atoms with Crippen LogP contribution in [-0.2, 0) is 11.2 Å². The van der Waals surface area contributed by atoms with E-state index in [1.54, 1.807) is 23.5 Å². The Bertz CT molecular complexity index is 812. The molecule has 3 rings (SSSR count). The molecule has 2 heterocycles. The Morgan fingerprint density at radius 1 is 1.35 bits per heavy atom. The van der Waals surface area contributed by atoms with Gasteiger partial charge in [0.25, 0.3) is 0 Å². The molecule has 0 bridgehead atoms. The maximum atomic E-state index is 11.9. The van der Waals surface area contributed by atoms with Gasteiger partial charge in [-0.05, 0) is 36.1 Å². The van der Waals surface area contributed by atoms with E-state index in [0.29, 0.717) is 23.9 Å². The minimum Gasteiger partial charge on any atom is -0.506 e. The van der Waals surface area contributed by atoms with Gasteiger partial charge in [-0.1, -0.05) is 6.07 Å². The minimum atomic E-state index is -0.223. The monoisotopic (exact) mass is 329 g/mol. The minimum absolute atomic E-state index is 0.0517. The van der Waals surface area contributed by atoms with E-state index in [-0.39, 0.29) is 18.1 Å². The van der Waals surface area contributed by atoms with Crippen molar-refractivity contribution >= 4 is 22.9 Å². The number of anilines is 1. The molecule has 1 amide bonds. The van der Waals surface area contributed by atoms with Gasteiger partial charge in [0.2, 0.25) is 17.7 Å². The second-order valence-corrected chi connectivity index (χ2v) is 5.86. The molecule has 3 aromatic rings. The molecule has 0 radical (unpaired) electrons. The molecular weight excluding hydrogens is 314 g/mol. The number of aryl methyl sites for hydroxylation is 2. The molecule has 0 fully saturated rings. The highest BCUT2D eigenvalue weighted by Crippen LogP contribution is 2.24. The number of amides is 1. The lowest BCUT2D eigenvalue weighted by Crippen LogP contribution is -2.12. The summed E-state index contributed by atoms with van der Waals surface area (Å²) in [5.74, 6) is 0.697. The molecule has 1 aromatic carbocycles. The van der Waals surface area contributed by atoms with Crippen molar-refractivity contribution in [2.75, 3.05) is 5.32 Å². The van der Waals surface area contributed by atoms with Crippen molar-refractivity contribution in [3.8, 4) is 17.2 Å². The summed E-state index contributed by atoms with van der Waals surface area (Å²) in [6, 6.07) is 6.99. The van der Waals surface area contributed by atoms with E-state index >= 15 is 0 Å². The van der Waals surface area contributed by atoms with E-state index in [0.717, 1.165) is 11.1 Å². The Morgan fingerprint density at radius 2 is 2.22 bits per heavy atom. The van der Waals surface area contributed by atoms with Gasteiger partial charge in [-0.15, -0.1) is 10.2 Å². The highest BCUT2D eigenvalue weighted by atomic mass is 32.1. The molecule has 0 aliphatic heterocycles. The first-order chi connectivity index (χ1) is 11.1. The van der Waals surface area contributed by atoms with E-state index in [4.69, 9.17) is 4.42 Å². The first kappa shape index (κ1) is 15.2. The van der Waals surface area contributed by atoms with Crippen molar-refractivity contribution in [2.24, 2.45) is 0 Å². The topological polar surface area (TPSA) is 88.3 Å². The average Bonchev–Trinajstić information content (AvgIpc) is 3.18. The van der Waals surface area contributed by atoms with E-state index in [2.05, 4.69) is 15.5 Å². The second-order valence-electron chi connectivity index (χ2n) is 5.08. The van der Waals surface area contributed by atoms with Gasteiger partial charge in [0, 0.05) is 23.8 Å². The SMILES string of the molecule is Cc1ccc(NC(=O)CCc2nnc(-c3ccsc3)o2)c(O)c1. The third-order valence-electron chi connectivity index (χ3n) is 3.23. The highest BCUT2D eigenvalue weighted by molar-refractivity contribution is 7.08. The number of nitrogens with one attached hydrogen (secondary N) is 1. The van der Waals surface area contributed by atoms with Crippen LogP contribution in [0.15, 0.2) is 39.4 Å². The summed E-state index contributed by atoms with van der Waals surface area (Å²) in [6.45, 7) is 1.87. The van der Waals surface area contributed by atoms with E-state index in [1.807, 2.05) is 29.8 Å². The molecule has 2 N–H and O–H groups in total. The van der Waals surface area contributed by atoms with Crippen LogP contribution >= 0.6 is 11.3 Å². The van der Waals surface area contributed by atoms with Crippen LogP contribution in [0.5, 0.6) is 5.75 Å². The number of phenols is 1. The molecule has 0 unspecified atom stereocenters. The van der Waals surface area contributed by atoms with Crippen LogP contribution in [-0.4, -0.2) is 21.2 Å². The zero-order valence-electron chi connectivity index (χ0n) is 12.4. The average molecular weight is 329 g/mol. The van der Waals surface area contributed by atoms with Gasteiger partial charge in [-0.25, -0.2) is 0 Å². The highest BCUT2D eigenvalue weighted by Gasteiger charge is 2.12. The van der Waals surface area contributed by atoms with Gasteiger partial charge >= 0.3 is 0 Å². The molecule has 23 heavy (non-hydrogen) atoms. The van der Waals surface area contributed by atoms with E-state index < -0.39 is 0 Å². The van der Waals surface area contributed by atoms with Crippen LogP contribution in [0, 0.1) is 6.92 Å². The van der Waals surface area contributed by atoms with Gasteiger partial charge in [0.1, 0.15) is 5.75 Å². The molecule has 0 saturated heterocycles. The molecule has 0 saturated carbocycles. The van der Waals surface area contributed by atoms with Crippen molar-refractivity contribution in [3.05, 3.63) is 46.5 Å². The summed E-state index contributed by atoms with van der Waals surface area (Å²) in [5.41, 5.74) is 2.19. The molecule has 0 aliphatic carbocycles. The van der Waals surface area contributed by atoms with Crippen molar-refractivity contribution < 1.29 is 14.3 Å². The van der Waals surface area contributed by atoms with Crippen LogP contribution < -0.4 is 5.32 Å². The fraction of sp³-hybridized carbons (Fsp3) is 0.188. The molecule has 118 valence electrons. The fourth-order valence-corrected chi connectivity index (χ4v) is 2.67. The lowest BCUT2D eigenvalue weighted by Gasteiger charge is -2.07. The first-order valence-corrected chi connectivity index (χ1v) is 8.00. The quantitative estimate of drug-likeness (QED) is 0.701. The summed E-state index contributed by atoms with van der Waals surface area (Å²) < 4.78 is 5.52. The predicted octanol–water partition coefficient (Wildman–Crippen LogP) is 3.38. The number of carbonyl (C=O) groups is 1. The predicted molar refractivity (Wildman–Crippen MR) is 87.4 cm³/mol. The van der Waals surface area contributed by atoms with Gasteiger partial charge in [-0.2, -0.15) is 11.3 Å². The van der Waals surface area contributed by atoms with Crippen LogP contribution in [0.2, 0.25) is 0 Å². The summed E-state index contributed by atoms with van der Waals surface area (Å²) >= 11 is 1.55. The molecule has 2 aromatic heterocycles. The first-order valence-electron chi connectivity index (χ1n) is 7.06. The maximum absolute atomic E-state index is 11.9. The van der Waals surface area contributed by atoms with Gasteiger partial charge in [0.05, 0.1) is 5.69 Å². The fourth-order valence-electron chi connectivity index (χ4n) is 2.04. The third kappa shape index (κ3) is 3.75. The smallest absolute Gasteiger partial charge is 0.248 e. The van der Waals surface area contributed by atoms with Gasteiger partial charge in [0.15, 0.2) is 0 Å². The maximum Gasteiger partial charge on any atom is 0.248 e. The third-order valence-corrected chi connectivity index (χ3v) is 3.91. The van der Waals surface area contributed by atoms with Crippen molar-refractivity contribution in [3.63, 3.8) is 0 Å². The van der Waals surface area contributed by atoms with E-state index in [9.17, 15) is 9.90 Å². The molecule has 0 aliphatic rings. The lowest BCUT2D eigenvalue weighted by atomic mass is 10.2. The molecule has 0 spiro atoms. The molecular formula is C16H15N3O3S. The molecule has 7 heteroatoms. The summed E-state index contributed by atoms with van der Waals surface area (Å²) in [4.78, 5) is 11.9. The number of thiophene rings is 1. The number of benzene rings is 1. The number of hydrogen-bond donors (Lipinski definition) is 2. The normalized spacial score (nSPS) is 10.7. The summed E-state index contributed by atoms with van der Waals surface area (Å²) in [6.07, 6.45) is 0.536. The van der Waals surface area contributed by atoms with Crippen molar-refractivity contribution in [1.82, 2.24) is 10.2 Å². The number of aromatic hydroxyl groups is 1. The van der Waals surface area contributed by atoms with Crippen LogP contribution in [0.1, 0.15) is 17.9 Å². The number of phenolic OH excluding ortho intramolecular Hbond substituents is 1. The van der Waals surface area contributed by atoms with Gasteiger partial charge < -0.3 is 14.8 Å². The van der Waals surface area contributed by atoms with Crippen LogP contribution in [0.25, 0.3) is 11.5 Å². The zero-order valence-corrected chi connectivity index (χ0v) is 13.3. The van der Waals surface area contributed by atoms with Crippen LogP contribution in [0.3, 0.4) is 0 Å². The Hall–Kier alpha value is -2.67. The Balaban J connectivity index is 1.57. The van der Waals surface area contributed by atoms with Crippen molar-refractivity contribution in [2.45, 2.75) is 19.8 Å². The number of nitrogens with zero attached hydrogens (tertiary/aromatic N) is 2. The molecule has 0 atom stereocenters. The zero-order chi connectivity index (χ0) is 16.2. The number of hydrogen-bond acceptors (Lipinski definition) is 6. The summed E-state index contributed by atoms with van der Waals surface area (Å²) in [5, 5.41) is 24.2. The number of carbonyl (C=O) groups excluding carboxylic acids is 1. The Labute approximate surface area is 136 Å².